The van der Waals surface area contributed by atoms with Crippen LogP contribution in [0.5, 0.6) is 0 Å². The fourth-order valence-corrected chi connectivity index (χ4v) is 5.24. The summed E-state index contributed by atoms with van der Waals surface area (Å²) in [6.07, 6.45) is -2.80. The van der Waals surface area contributed by atoms with Gasteiger partial charge in [-0.1, -0.05) is 82.1 Å². The summed E-state index contributed by atoms with van der Waals surface area (Å²) in [7, 11) is 4.30. The number of hydrogen-bond donors (Lipinski definition) is 0. The number of ether oxygens (including phenoxy) is 3. The summed E-state index contributed by atoms with van der Waals surface area (Å²) < 4.78 is 17.4. The van der Waals surface area contributed by atoms with Gasteiger partial charge in [0, 0.05) is 21.1 Å². The van der Waals surface area contributed by atoms with E-state index in [1.165, 1.54) is 37.9 Å². The first-order valence-electron chi connectivity index (χ1n) is 16.2. The number of nitrogens with zero attached hydrogens (tertiary/aromatic N) is 3. The SMILES string of the molecule is CC[C@H](C)[C@H]1C(=O)O[C@H](C(C)C)C(=O)N(C)[C@@H](C)C(=O)O[C@H](C(C)C)C(=O)N(C)[C@@H]([C@@H](C)CC)C(=O)O[C@H](C(C)C)C(=O)N1C. The van der Waals surface area contributed by atoms with Gasteiger partial charge < -0.3 is 28.9 Å². The van der Waals surface area contributed by atoms with Crippen molar-refractivity contribution >= 4 is 35.6 Å². The largest absolute Gasteiger partial charge is 0.450 e. The maximum absolute atomic E-state index is 14.0. The molecule has 12 nitrogen and oxygen atoms in total. The van der Waals surface area contributed by atoms with Crippen molar-refractivity contribution in [1.29, 1.82) is 0 Å². The number of carbonyl (C=O) groups excluding carboxylic acids is 6. The van der Waals surface area contributed by atoms with Crippen molar-refractivity contribution in [3.63, 3.8) is 0 Å². The van der Waals surface area contributed by atoms with E-state index in [1.807, 2.05) is 13.8 Å². The lowest BCUT2D eigenvalue weighted by Gasteiger charge is -2.38. The van der Waals surface area contributed by atoms with Crippen LogP contribution in [0, 0.1) is 29.6 Å². The predicted molar refractivity (Wildman–Crippen MR) is 168 cm³/mol. The molecule has 0 aromatic rings. The summed E-state index contributed by atoms with van der Waals surface area (Å²) in [5, 5.41) is 0. The zero-order valence-corrected chi connectivity index (χ0v) is 29.8. The highest BCUT2D eigenvalue weighted by Gasteiger charge is 2.44. The molecule has 1 saturated heterocycles. The topological polar surface area (TPSA) is 140 Å². The minimum Gasteiger partial charge on any atom is -0.450 e. The molecule has 0 bridgehead atoms. The molecule has 0 N–H and O–H groups in total. The lowest BCUT2D eigenvalue weighted by atomic mass is 9.95. The van der Waals surface area contributed by atoms with Crippen LogP contribution >= 0.6 is 0 Å². The molecule has 1 heterocycles. The summed E-state index contributed by atoms with van der Waals surface area (Å²) in [4.78, 5) is 86.0. The number of cyclic esters (lactones) is 3. The van der Waals surface area contributed by atoms with Crippen molar-refractivity contribution in [1.82, 2.24) is 14.7 Å². The number of hydrogen-bond acceptors (Lipinski definition) is 9. The van der Waals surface area contributed by atoms with E-state index < -0.39 is 89.8 Å². The zero-order chi connectivity index (χ0) is 35.1. The number of esters is 3. The first kappa shape index (κ1) is 39.8. The van der Waals surface area contributed by atoms with Crippen LogP contribution < -0.4 is 0 Å². The van der Waals surface area contributed by atoms with Gasteiger partial charge in [0.15, 0.2) is 18.3 Å². The highest BCUT2D eigenvalue weighted by Crippen LogP contribution is 2.25. The van der Waals surface area contributed by atoms with Crippen molar-refractivity contribution in [3.8, 4) is 0 Å². The van der Waals surface area contributed by atoms with E-state index in [1.54, 1.807) is 55.4 Å². The Labute approximate surface area is 269 Å². The molecule has 0 unspecified atom stereocenters. The Morgan fingerprint density at radius 3 is 1.04 bits per heavy atom. The molecule has 1 aliphatic rings. The monoisotopic (exact) mass is 639 g/mol. The first-order valence-corrected chi connectivity index (χ1v) is 16.2. The Morgan fingerprint density at radius 1 is 0.511 bits per heavy atom. The molecule has 1 rings (SSSR count). The summed E-state index contributed by atoms with van der Waals surface area (Å²) in [6.45, 7) is 19.0. The molecule has 8 atom stereocenters. The van der Waals surface area contributed by atoms with Gasteiger partial charge in [-0.15, -0.1) is 0 Å². The zero-order valence-electron chi connectivity index (χ0n) is 29.8. The molecule has 45 heavy (non-hydrogen) atoms. The van der Waals surface area contributed by atoms with Crippen molar-refractivity contribution in [2.24, 2.45) is 29.6 Å². The van der Waals surface area contributed by atoms with Gasteiger partial charge in [0.2, 0.25) is 0 Å². The van der Waals surface area contributed by atoms with Gasteiger partial charge in [-0.25, -0.2) is 14.4 Å². The third-order valence-corrected chi connectivity index (χ3v) is 8.92. The molecular weight excluding hydrogens is 582 g/mol. The van der Waals surface area contributed by atoms with E-state index >= 15 is 0 Å². The molecular formula is C33H57N3O9. The number of rotatable bonds is 7. The Morgan fingerprint density at radius 2 is 0.778 bits per heavy atom. The maximum Gasteiger partial charge on any atom is 0.329 e. The average Bonchev–Trinajstić information content (AvgIpc) is 2.97. The summed E-state index contributed by atoms with van der Waals surface area (Å²) in [5.41, 5.74) is 0. The molecule has 0 aliphatic carbocycles. The first-order chi connectivity index (χ1) is 20.7. The number of carbonyl (C=O) groups is 6. The lowest BCUT2D eigenvalue weighted by Crippen LogP contribution is -2.57. The third-order valence-electron chi connectivity index (χ3n) is 8.92. The second-order valence-electron chi connectivity index (χ2n) is 13.5. The minimum atomic E-state index is -1.27. The number of amides is 3. The molecule has 0 spiro atoms. The second kappa shape index (κ2) is 16.9. The van der Waals surface area contributed by atoms with E-state index in [4.69, 9.17) is 14.2 Å². The van der Waals surface area contributed by atoms with E-state index in [-0.39, 0.29) is 11.8 Å². The lowest BCUT2D eigenvalue weighted by molar-refractivity contribution is -0.181. The molecule has 0 aromatic carbocycles. The Bertz CT molecular complexity index is 1060. The standard InChI is InChI=1S/C33H57N3O9/c1-15-20(9)23-32(41)44-25(17(3)4)28(37)34(12)22(11)31(40)43-26(18(5)6)29(38)35(13)24(21(10)16-2)33(42)45-27(19(7)8)30(39)36(23)14/h17-27H,15-16H2,1-14H3/t20-,21-,22-,23-,24-,25+,26+,27+/m0/s1. The van der Waals surface area contributed by atoms with E-state index in [0.29, 0.717) is 12.8 Å². The molecule has 258 valence electrons. The molecule has 0 radical (unpaired) electrons. The van der Waals surface area contributed by atoms with Gasteiger partial charge in [0.05, 0.1) is 0 Å². The van der Waals surface area contributed by atoms with Crippen LogP contribution in [-0.2, 0) is 43.0 Å². The van der Waals surface area contributed by atoms with Crippen LogP contribution in [0.2, 0.25) is 0 Å². The molecule has 1 fully saturated rings. The normalized spacial score (nSPS) is 28.6. The second-order valence-corrected chi connectivity index (χ2v) is 13.5. The number of likely N-dealkylation sites (N-methyl/N-ethyl adjacent to an activating group) is 3. The van der Waals surface area contributed by atoms with Crippen LogP contribution in [0.1, 0.15) is 89.0 Å². The van der Waals surface area contributed by atoms with Gasteiger partial charge in [-0.2, -0.15) is 0 Å². The highest BCUT2D eigenvalue weighted by molar-refractivity contribution is 5.94. The molecule has 0 aromatic heterocycles. The van der Waals surface area contributed by atoms with E-state index in [2.05, 4.69) is 0 Å². The summed E-state index contributed by atoms with van der Waals surface area (Å²) in [6, 6.07) is -3.32. The Hall–Kier alpha value is -3.18. The van der Waals surface area contributed by atoms with Crippen LogP contribution in [0.25, 0.3) is 0 Å². The van der Waals surface area contributed by atoms with Gasteiger partial charge in [0.1, 0.15) is 18.1 Å². The maximum atomic E-state index is 14.0. The van der Waals surface area contributed by atoms with Crippen molar-refractivity contribution < 1.29 is 43.0 Å². The van der Waals surface area contributed by atoms with Crippen molar-refractivity contribution in [3.05, 3.63) is 0 Å². The fraction of sp³-hybridized carbons (Fsp3) is 0.818. The molecule has 12 heteroatoms. The predicted octanol–water partition coefficient (Wildman–Crippen LogP) is 3.30. The Kier molecular flexibility index (Phi) is 15.0. The van der Waals surface area contributed by atoms with Crippen LogP contribution in [0.3, 0.4) is 0 Å². The van der Waals surface area contributed by atoms with Gasteiger partial charge >= 0.3 is 17.9 Å². The fourth-order valence-electron chi connectivity index (χ4n) is 5.24. The van der Waals surface area contributed by atoms with Crippen LogP contribution in [-0.4, -0.2) is 108 Å². The molecule has 3 amide bonds. The third kappa shape index (κ3) is 9.42. The minimum absolute atomic E-state index is 0.375. The van der Waals surface area contributed by atoms with Crippen LogP contribution in [0.4, 0.5) is 0 Å². The summed E-state index contributed by atoms with van der Waals surface area (Å²) in [5.74, 6) is -6.42. The molecule has 0 saturated carbocycles. The highest BCUT2D eigenvalue weighted by atomic mass is 16.6. The average molecular weight is 640 g/mol. The molecule has 1 aliphatic heterocycles. The quantitative estimate of drug-likeness (QED) is 0.303. The smallest absolute Gasteiger partial charge is 0.329 e. The van der Waals surface area contributed by atoms with Crippen molar-refractivity contribution in [2.75, 3.05) is 21.1 Å². The van der Waals surface area contributed by atoms with Gasteiger partial charge in [-0.05, 0) is 36.5 Å². The summed E-state index contributed by atoms with van der Waals surface area (Å²) >= 11 is 0. The Balaban J connectivity index is 3.90. The van der Waals surface area contributed by atoms with Crippen LogP contribution in [0.15, 0.2) is 0 Å². The van der Waals surface area contributed by atoms with Gasteiger partial charge in [-0.3, -0.25) is 14.4 Å². The van der Waals surface area contributed by atoms with E-state index in [0.717, 1.165) is 4.90 Å². The van der Waals surface area contributed by atoms with E-state index in [9.17, 15) is 28.8 Å². The van der Waals surface area contributed by atoms with Crippen molar-refractivity contribution in [2.45, 2.75) is 125 Å². The van der Waals surface area contributed by atoms with Gasteiger partial charge in [0.25, 0.3) is 17.7 Å².